The number of amides is 3. The van der Waals surface area contributed by atoms with Gasteiger partial charge in [0.05, 0.1) is 5.69 Å². The number of hydrogen-bond donors (Lipinski definition) is 3. The lowest BCUT2D eigenvalue weighted by Gasteiger charge is -2.27. The highest BCUT2D eigenvalue weighted by Crippen LogP contribution is 2.17. The zero-order chi connectivity index (χ0) is 17.5. The Morgan fingerprint density at radius 2 is 1.96 bits per heavy atom. The molecule has 25 heavy (non-hydrogen) atoms. The molecule has 1 aromatic rings. The lowest BCUT2D eigenvalue weighted by molar-refractivity contribution is -0.130. The Balaban J connectivity index is 0.00000312. The molecule has 4 N–H and O–H groups in total. The van der Waals surface area contributed by atoms with Crippen molar-refractivity contribution in [3.8, 4) is 0 Å². The first kappa shape index (κ1) is 20.9. The molecule has 0 saturated carbocycles. The van der Waals surface area contributed by atoms with Crippen LogP contribution in [0.2, 0.25) is 0 Å². The van der Waals surface area contributed by atoms with E-state index in [1.807, 2.05) is 0 Å². The summed E-state index contributed by atoms with van der Waals surface area (Å²) in [6.45, 7) is 2.49. The van der Waals surface area contributed by atoms with Gasteiger partial charge in [0.1, 0.15) is 0 Å². The standard InChI is InChI=1S/C17H24N4O3.ClH/c1-2-3-4-13(11-18)19-17(24)12-5-7-14(8-6-12)21-16(23)10-9-15(22)20-21;/h5-8,13H,2-4,9-11,18H2,1H3,(H,19,24)(H,20,22);1H. The fourth-order valence-electron chi connectivity index (χ4n) is 2.51. The number of nitrogens with one attached hydrogen (secondary N) is 2. The van der Waals surface area contributed by atoms with Crippen LogP contribution in [-0.4, -0.2) is 30.3 Å². The molecule has 0 bridgehead atoms. The van der Waals surface area contributed by atoms with E-state index < -0.39 is 0 Å². The fourth-order valence-corrected chi connectivity index (χ4v) is 2.51. The summed E-state index contributed by atoms with van der Waals surface area (Å²) in [5, 5.41) is 4.14. The molecule has 1 aromatic carbocycles. The monoisotopic (exact) mass is 368 g/mol. The molecule has 0 aliphatic carbocycles. The smallest absolute Gasteiger partial charge is 0.251 e. The van der Waals surface area contributed by atoms with E-state index in [-0.39, 0.29) is 49.0 Å². The SMILES string of the molecule is CCCCC(CN)NC(=O)c1ccc(N2NC(=O)CCC2=O)cc1.Cl. The summed E-state index contributed by atoms with van der Waals surface area (Å²) >= 11 is 0. The molecule has 7 nitrogen and oxygen atoms in total. The molecule has 0 radical (unpaired) electrons. The first-order valence-electron chi connectivity index (χ1n) is 8.28. The number of hydrogen-bond acceptors (Lipinski definition) is 4. The molecule has 2 rings (SSSR count). The number of halogens is 1. The molecular weight excluding hydrogens is 344 g/mol. The number of hydrazine groups is 1. The van der Waals surface area contributed by atoms with Crippen LogP contribution < -0.4 is 21.5 Å². The largest absolute Gasteiger partial charge is 0.348 e. The third-order valence-electron chi connectivity index (χ3n) is 3.97. The van der Waals surface area contributed by atoms with Gasteiger partial charge < -0.3 is 11.1 Å². The maximum absolute atomic E-state index is 12.3. The highest BCUT2D eigenvalue weighted by atomic mass is 35.5. The molecule has 0 aromatic heterocycles. The number of carbonyl (C=O) groups is 3. The average Bonchev–Trinajstić information content (AvgIpc) is 2.60. The van der Waals surface area contributed by atoms with Crippen LogP contribution in [0, 0.1) is 0 Å². The van der Waals surface area contributed by atoms with Crippen LogP contribution in [0.5, 0.6) is 0 Å². The second-order valence-corrected chi connectivity index (χ2v) is 5.86. The van der Waals surface area contributed by atoms with Gasteiger partial charge in [-0.05, 0) is 30.7 Å². The third-order valence-corrected chi connectivity index (χ3v) is 3.97. The van der Waals surface area contributed by atoms with Gasteiger partial charge in [0.2, 0.25) is 11.8 Å². The molecule has 3 amide bonds. The van der Waals surface area contributed by atoms with Crippen LogP contribution in [0.25, 0.3) is 0 Å². The second kappa shape index (κ2) is 10.0. The van der Waals surface area contributed by atoms with Gasteiger partial charge in [0.15, 0.2) is 0 Å². The van der Waals surface area contributed by atoms with Gasteiger partial charge in [-0.2, -0.15) is 0 Å². The van der Waals surface area contributed by atoms with Gasteiger partial charge in [-0.3, -0.25) is 19.8 Å². The Labute approximate surface area is 153 Å². The summed E-state index contributed by atoms with van der Waals surface area (Å²) < 4.78 is 0. The van der Waals surface area contributed by atoms with Crippen LogP contribution in [0.15, 0.2) is 24.3 Å². The Kier molecular flexibility index (Phi) is 8.37. The van der Waals surface area contributed by atoms with Gasteiger partial charge >= 0.3 is 0 Å². The summed E-state index contributed by atoms with van der Waals surface area (Å²) in [6, 6.07) is 6.50. The first-order valence-corrected chi connectivity index (χ1v) is 8.28. The lowest BCUT2D eigenvalue weighted by atomic mass is 10.1. The topological polar surface area (TPSA) is 105 Å². The zero-order valence-electron chi connectivity index (χ0n) is 14.3. The number of nitrogens with two attached hydrogens (primary N) is 1. The van der Waals surface area contributed by atoms with Crippen molar-refractivity contribution in [2.75, 3.05) is 11.6 Å². The first-order chi connectivity index (χ1) is 11.5. The van der Waals surface area contributed by atoms with Crippen molar-refractivity contribution in [3.63, 3.8) is 0 Å². The molecule has 138 valence electrons. The Bertz CT molecular complexity index is 606. The van der Waals surface area contributed by atoms with Crippen LogP contribution >= 0.6 is 12.4 Å². The number of benzene rings is 1. The highest BCUT2D eigenvalue weighted by Gasteiger charge is 2.24. The predicted molar refractivity (Wildman–Crippen MR) is 98.4 cm³/mol. The van der Waals surface area contributed by atoms with Gasteiger partial charge in [-0.15, -0.1) is 12.4 Å². The van der Waals surface area contributed by atoms with E-state index in [9.17, 15) is 14.4 Å². The second-order valence-electron chi connectivity index (χ2n) is 5.86. The summed E-state index contributed by atoms with van der Waals surface area (Å²) in [5.74, 6) is -0.560. The summed E-state index contributed by atoms with van der Waals surface area (Å²) in [6.07, 6.45) is 3.30. The summed E-state index contributed by atoms with van der Waals surface area (Å²) in [4.78, 5) is 35.6. The van der Waals surface area contributed by atoms with Crippen LogP contribution in [0.1, 0.15) is 49.4 Å². The van der Waals surface area contributed by atoms with Gasteiger partial charge in [0.25, 0.3) is 5.91 Å². The van der Waals surface area contributed by atoms with Crippen molar-refractivity contribution in [3.05, 3.63) is 29.8 Å². The number of rotatable bonds is 7. The molecule has 1 fully saturated rings. The van der Waals surface area contributed by atoms with E-state index in [2.05, 4.69) is 17.7 Å². The summed E-state index contributed by atoms with van der Waals surface area (Å²) in [5.41, 5.74) is 9.24. The van der Waals surface area contributed by atoms with Crippen molar-refractivity contribution in [2.24, 2.45) is 5.73 Å². The molecular formula is C17H25ClN4O3. The minimum atomic E-state index is -0.196. The van der Waals surface area contributed by atoms with E-state index in [1.165, 1.54) is 5.01 Å². The zero-order valence-corrected chi connectivity index (χ0v) is 15.1. The van der Waals surface area contributed by atoms with Crippen molar-refractivity contribution >= 4 is 35.8 Å². The quantitative estimate of drug-likeness (QED) is 0.678. The molecule has 1 aliphatic rings. The Morgan fingerprint density at radius 1 is 1.28 bits per heavy atom. The van der Waals surface area contributed by atoms with E-state index in [4.69, 9.17) is 5.73 Å². The van der Waals surface area contributed by atoms with E-state index in [0.717, 1.165) is 19.3 Å². The van der Waals surface area contributed by atoms with Crippen molar-refractivity contribution in [1.82, 2.24) is 10.7 Å². The van der Waals surface area contributed by atoms with Crippen LogP contribution in [-0.2, 0) is 9.59 Å². The molecule has 8 heteroatoms. The van der Waals surface area contributed by atoms with Crippen molar-refractivity contribution in [2.45, 2.75) is 45.1 Å². The maximum atomic E-state index is 12.3. The van der Waals surface area contributed by atoms with Crippen LogP contribution in [0.4, 0.5) is 5.69 Å². The minimum Gasteiger partial charge on any atom is -0.348 e. The number of unbranched alkanes of at least 4 members (excludes halogenated alkanes) is 1. The van der Waals surface area contributed by atoms with Gasteiger partial charge in [-0.25, -0.2) is 5.01 Å². The minimum absolute atomic E-state index is 0. The fraction of sp³-hybridized carbons (Fsp3) is 0.471. The predicted octanol–water partition coefficient (Wildman–Crippen LogP) is 1.51. The van der Waals surface area contributed by atoms with Gasteiger partial charge in [-0.1, -0.05) is 19.8 Å². The Morgan fingerprint density at radius 3 is 2.56 bits per heavy atom. The number of nitrogens with zero attached hydrogens (tertiary/aromatic N) is 1. The molecule has 1 heterocycles. The van der Waals surface area contributed by atoms with Gasteiger partial charge in [0, 0.05) is 31.0 Å². The number of carbonyl (C=O) groups excluding carboxylic acids is 3. The highest BCUT2D eigenvalue weighted by molar-refractivity contribution is 6.01. The maximum Gasteiger partial charge on any atom is 0.251 e. The molecule has 1 atom stereocenters. The molecule has 1 unspecified atom stereocenters. The number of anilines is 1. The van der Waals surface area contributed by atoms with E-state index in [0.29, 0.717) is 17.8 Å². The lowest BCUT2D eigenvalue weighted by Crippen LogP contribution is -2.50. The average molecular weight is 369 g/mol. The third kappa shape index (κ3) is 5.72. The normalized spacial score (nSPS) is 15.2. The van der Waals surface area contributed by atoms with E-state index in [1.54, 1.807) is 24.3 Å². The van der Waals surface area contributed by atoms with Crippen molar-refractivity contribution < 1.29 is 14.4 Å². The Hall–Kier alpha value is -2.12. The van der Waals surface area contributed by atoms with Crippen LogP contribution in [0.3, 0.4) is 0 Å². The molecule has 0 spiro atoms. The molecule has 1 saturated heterocycles. The van der Waals surface area contributed by atoms with Crippen molar-refractivity contribution in [1.29, 1.82) is 0 Å². The summed E-state index contributed by atoms with van der Waals surface area (Å²) in [7, 11) is 0. The van der Waals surface area contributed by atoms with E-state index >= 15 is 0 Å². The molecule has 1 aliphatic heterocycles.